The standard InChI is InChI=1S/C52H43N3OP/c1-57(56)43-22-13-21-42(33-43)41-20-12-14-35(32-41)34-54-52(55-51(53)39-18-6-3-7-19-39)40-28-26-38(27-29-40)48-45-24-10-11-25-46(45)49(37-16-4-2-5-17-37)50-44-23-9-8-15-36(44)30-31-47(48)50/h2-33,51-52,54-55H,34,53H2,1H3/q+1. The Morgan fingerprint density at radius 2 is 1.11 bits per heavy atom. The molecular formula is C52H43N3OP+. The molecule has 0 amide bonds. The van der Waals surface area contributed by atoms with E-state index in [0.29, 0.717) is 6.54 Å². The molecule has 0 saturated carbocycles. The highest BCUT2D eigenvalue weighted by Gasteiger charge is 2.21. The van der Waals surface area contributed by atoms with Gasteiger partial charge in [-0.3, -0.25) is 10.6 Å². The molecule has 0 saturated heterocycles. The van der Waals surface area contributed by atoms with E-state index in [2.05, 4.69) is 168 Å². The second-order valence-electron chi connectivity index (χ2n) is 14.6. The predicted octanol–water partition coefficient (Wildman–Crippen LogP) is 12.3. The summed E-state index contributed by atoms with van der Waals surface area (Å²) in [6.07, 6.45) is -0.636. The Morgan fingerprint density at radius 3 is 1.84 bits per heavy atom. The van der Waals surface area contributed by atoms with Crippen LogP contribution in [-0.4, -0.2) is 6.66 Å². The van der Waals surface area contributed by atoms with E-state index in [1.54, 1.807) is 6.66 Å². The molecule has 4 N–H and O–H groups in total. The lowest BCUT2D eigenvalue weighted by molar-refractivity contribution is 0.386. The molecule has 276 valence electrons. The fraction of sp³-hybridized carbons (Fsp3) is 0.0769. The maximum absolute atomic E-state index is 12.3. The molecule has 3 atom stereocenters. The van der Waals surface area contributed by atoms with E-state index in [1.807, 2.05) is 36.4 Å². The van der Waals surface area contributed by atoms with Crippen molar-refractivity contribution in [1.82, 2.24) is 10.6 Å². The number of benzene rings is 9. The summed E-state index contributed by atoms with van der Waals surface area (Å²) in [7, 11) is -1.42. The molecule has 0 heterocycles. The van der Waals surface area contributed by atoms with E-state index in [9.17, 15) is 4.57 Å². The molecule has 0 fully saturated rings. The van der Waals surface area contributed by atoms with Crippen LogP contribution in [0, 0.1) is 0 Å². The Labute approximate surface area is 334 Å². The van der Waals surface area contributed by atoms with Crippen molar-refractivity contribution >= 4 is 45.4 Å². The number of nitrogens with two attached hydrogens (primary N) is 1. The van der Waals surface area contributed by atoms with Gasteiger partial charge in [0.15, 0.2) is 5.30 Å². The van der Waals surface area contributed by atoms with Crippen LogP contribution in [0.5, 0.6) is 0 Å². The van der Waals surface area contributed by atoms with Gasteiger partial charge in [0.1, 0.15) is 6.66 Å². The van der Waals surface area contributed by atoms with Crippen molar-refractivity contribution in [3.63, 3.8) is 0 Å². The molecule has 57 heavy (non-hydrogen) atoms. The Balaban J connectivity index is 1.11. The average molecular weight is 757 g/mol. The molecule has 9 aromatic rings. The van der Waals surface area contributed by atoms with E-state index in [-0.39, 0.29) is 12.3 Å². The van der Waals surface area contributed by atoms with Gasteiger partial charge in [0.05, 0.1) is 12.3 Å². The van der Waals surface area contributed by atoms with Gasteiger partial charge in [-0.1, -0.05) is 180 Å². The minimum Gasteiger partial charge on any atom is -0.312 e. The largest absolute Gasteiger partial charge is 0.373 e. The van der Waals surface area contributed by atoms with E-state index in [0.717, 1.165) is 38.7 Å². The van der Waals surface area contributed by atoms with Gasteiger partial charge in [-0.2, -0.15) is 0 Å². The van der Waals surface area contributed by atoms with Crippen LogP contribution in [-0.2, 0) is 11.1 Å². The first kappa shape index (κ1) is 36.4. The van der Waals surface area contributed by atoms with Gasteiger partial charge < -0.3 is 5.73 Å². The van der Waals surface area contributed by atoms with Crippen LogP contribution >= 0.6 is 7.80 Å². The third-order valence-electron chi connectivity index (χ3n) is 11.0. The Morgan fingerprint density at radius 1 is 0.509 bits per heavy atom. The number of rotatable bonds is 11. The lowest BCUT2D eigenvalue weighted by atomic mass is 9.84. The lowest BCUT2D eigenvalue weighted by Crippen LogP contribution is -2.39. The number of hydrogen-bond donors (Lipinski definition) is 3. The van der Waals surface area contributed by atoms with Gasteiger partial charge in [0, 0.05) is 6.54 Å². The summed E-state index contributed by atoms with van der Waals surface area (Å²) in [5, 5.41) is 15.8. The first-order valence-corrected chi connectivity index (χ1v) is 21.1. The molecule has 9 aromatic carbocycles. The molecule has 0 spiro atoms. The quantitative estimate of drug-likeness (QED) is 0.0532. The van der Waals surface area contributed by atoms with E-state index in [4.69, 9.17) is 5.73 Å². The molecule has 0 aliphatic heterocycles. The first-order chi connectivity index (χ1) is 28.0. The van der Waals surface area contributed by atoms with Crippen molar-refractivity contribution in [1.29, 1.82) is 0 Å². The van der Waals surface area contributed by atoms with Crippen molar-refractivity contribution in [2.75, 3.05) is 6.66 Å². The first-order valence-electron chi connectivity index (χ1n) is 19.4. The second-order valence-corrected chi connectivity index (χ2v) is 16.1. The van der Waals surface area contributed by atoms with Crippen molar-refractivity contribution in [2.24, 2.45) is 5.73 Å². The Kier molecular flexibility index (Phi) is 10.3. The van der Waals surface area contributed by atoms with Crippen LogP contribution in [0.1, 0.15) is 29.0 Å². The minimum absolute atomic E-state index is 0.247. The van der Waals surface area contributed by atoms with Crippen molar-refractivity contribution in [2.45, 2.75) is 18.9 Å². The van der Waals surface area contributed by atoms with Crippen LogP contribution in [0.2, 0.25) is 0 Å². The van der Waals surface area contributed by atoms with Gasteiger partial charge in [-0.15, -0.1) is 0 Å². The molecule has 5 heteroatoms. The van der Waals surface area contributed by atoms with Crippen molar-refractivity contribution in [3.8, 4) is 33.4 Å². The summed E-state index contributed by atoms with van der Waals surface area (Å²) in [5.41, 5.74) is 17.1. The number of hydrogen-bond acceptors (Lipinski definition) is 4. The highest BCUT2D eigenvalue weighted by atomic mass is 31.1. The van der Waals surface area contributed by atoms with Crippen LogP contribution in [0.15, 0.2) is 194 Å². The molecule has 9 rings (SSSR count). The molecule has 0 bridgehead atoms. The molecule has 0 aliphatic rings. The van der Waals surface area contributed by atoms with Gasteiger partial charge >= 0.3 is 7.80 Å². The van der Waals surface area contributed by atoms with Crippen LogP contribution in [0.25, 0.3) is 65.7 Å². The average Bonchev–Trinajstić information content (AvgIpc) is 3.27. The van der Waals surface area contributed by atoms with Crippen molar-refractivity contribution in [3.05, 3.63) is 211 Å². The number of nitrogens with one attached hydrogen (secondary N) is 2. The summed E-state index contributed by atoms with van der Waals surface area (Å²) in [6.45, 7) is 2.36. The van der Waals surface area contributed by atoms with Gasteiger partial charge in [-0.25, -0.2) is 0 Å². The Hall–Kier alpha value is -6.26. The molecule has 3 unspecified atom stereocenters. The molecule has 4 nitrogen and oxygen atoms in total. The summed E-state index contributed by atoms with van der Waals surface area (Å²) in [6, 6.07) is 68.5. The van der Waals surface area contributed by atoms with E-state index >= 15 is 0 Å². The normalized spacial score (nSPS) is 12.8. The zero-order valence-corrected chi connectivity index (χ0v) is 32.7. The maximum Gasteiger partial charge on any atom is 0.373 e. The topological polar surface area (TPSA) is 67.2 Å². The van der Waals surface area contributed by atoms with Gasteiger partial charge in [-0.05, 0) is 101 Å². The zero-order valence-electron chi connectivity index (χ0n) is 31.8. The summed E-state index contributed by atoms with van der Waals surface area (Å²) in [5.74, 6) is 0. The van der Waals surface area contributed by atoms with Gasteiger partial charge in [0.2, 0.25) is 0 Å². The maximum atomic E-state index is 12.3. The molecule has 0 aliphatic carbocycles. The summed E-state index contributed by atoms with van der Waals surface area (Å²) >= 11 is 0. The van der Waals surface area contributed by atoms with Crippen LogP contribution < -0.4 is 21.7 Å². The molecular weight excluding hydrogens is 714 g/mol. The van der Waals surface area contributed by atoms with Gasteiger partial charge in [0.25, 0.3) is 0 Å². The molecule has 0 radical (unpaired) electrons. The molecule has 0 aromatic heterocycles. The van der Waals surface area contributed by atoms with Crippen LogP contribution in [0.4, 0.5) is 0 Å². The third-order valence-corrected chi connectivity index (χ3v) is 12.0. The van der Waals surface area contributed by atoms with Crippen molar-refractivity contribution < 1.29 is 4.57 Å². The summed E-state index contributed by atoms with van der Waals surface area (Å²) in [4.78, 5) is 0. The highest BCUT2D eigenvalue weighted by molar-refractivity contribution is 7.52. The van der Waals surface area contributed by atoms with Crippen LogP contribution in [0.3, 0.4) is 0 Å². The SMILES string of the molecule is C[P+](=O)c1cccc(-c2cccc(CNC(NC(N)c3ccccc3)c3ccc(-c4c5ccccc5c(-c5ccccc5)c5c4ccc4ccccc45)cc3)c2)c1. The third kappa shape index (κ3) is 7.40. The Bertz CT molecular complexity index is 2870. The highest BCUT2D eigenvalue weighted by Crippen LogP contribution is 2.46. The summed E-state index contributed by atoms with van der Waals surface area (Å²) < 4.78 is 12.3. The second kappa shape index (κ2) is 16.1. The minimum atomic E-state index is -1.42. The zero-order chi connectivity index (χ0) is 38.7. The van der Waals surface area contributed by atoms with E-state index in [1.165, 1.54) is 49.0 Å². The van der Waals surface area contributed by atoms with E-state index < -0.39 is 7.80 Å². The lowest BCUT2D eigenvalue weighted by Gasteiger charge is -2.26. The smallest absolute Gasteiger partial charge is 0.312 e. The monoisotopic (exact) mass is 756 g/mol. The number of fused-ring (bicyclic) bond motifs is 4. The predicted molar refractivity (Wildman–Crippen MR) is 241 cm³/mol. The fourth-order valence-electron chi connectivity index (χ4n) is 8.18. The fourth-order valence-corrected chi connectivity index (χ4v) is 8.79.